The molecule has 0 radical (unpaired) electrons. The van der Waals surface area contributed by atoms with Crippen molar-refractivity contribution in [3.63, 3.8) is 0 Å². The molecule has 2 fully saturated rings. The van der Waals surface area contributed by atoms with E-state index in [1.54, 1.807) is 0 Å². The summed E-state index contributed by atoms with van der Waals surface area (Å²) in [7, 11) is 2.16. The Labute approximate surface area is 132 Å². The van der Waals surface area contributed by atoms with E-state index in [0.717, 1.165) is 18.4 Å². The van der Waals surface area contributed by atoms with E-state index in [9.17, 15) is 0 Å². The molecule has 1 saturated heterocycles. The van der Waals surface area contributed by atoms with Gasteiger partial charge in [0, 0.05) is 12.6 Å². The molecule has 3 unspecified atom stereocenters. The summed E-state index contributed by atoms with van der Waals surface area (Å²) in [6, 6.07) is 0.670. The van der Waals surface area contributed by atoms with Crippen molar-refractivity contribution in [2.24, 2.45) is 17.3 Å². The van der Waals surface area contributed by atoms with Crippen LogP contribution in [0.25, 0.3) is 0 Å². The number of nitrogens with one attached hydrogen (secondary N) is 1. The zero-order valence-electron chi connectivity index (χ0n) is 15.0. The van der Waals surface area contributed by atoms with Crippen molar-refractivity contribution < 1.29 is 4.74 Å². The van der Waals surface area contributed by atoms with E-state index in [0.29, 0.717) is 11.5 Å². The molecule has 0 amide bonds. The minimum absolute atomic E-state index is 0.255. The van der Waals surface area contributed by atoms with Crippen LogP contribution in [0.2, 0.25) is 0 Å². The van der Waals surface area contributed by atoms with Crippen LogP contribution in [0.15, 0.2) is 0 Å². The second kappa shape index (κ2) is 7.00. The molecular formula is C19H37NO. The minimum Gasteiger partial charge on any atom is -0.375 e. The Morgan fingerprint density at radius 2 is 1.90 bits per heavy atom. The van der Waals surface area contributed by atoms with Gasteiger partial charge in [-0.1, -0.05) is 40.5 Å². The summed E-state index contributed by atoms with van der Waals surface area (Å²) in [5.74, 6) is 1.61. The van der Waals surface area contributed by atoms with Gasteiger partial charge in [0.05, 0.1) is 5.60 Å². The molecule has 21 heavy (non-hydrogen) atoms. The molecule has 1 heterocycles. The van der Waals surface area contributed by atoms with Crippen molar-refractivity contribution in [2.45, 2.75) is 90.7 Å². The minimum atomic E-state index is 0.255. The van der Waals surface area contributed by atoms with Gasteiger partial charge in [0.15, 0.2) is 0 Å². The summed E-state index contributed by atoms with van der Waals surface area (Å²) in [6.45, 7) is 10.5. The highest BCUT2D eigenvalue weighted by atomic mass is 16.5. The molecule has 0 aromatic heterocycles. The SMILES string of the molecule is CNC(CC(C)CC(C)(C)C)C1CCOC2(CCCC2)C1. The Morgan fingerprint density at radius 3 is 2.48 bits per heavy atom. The van der Waals surface area contributed by atoms with Crippen LogP contribution in [-0.2, 0) is 4.74 Å². The molecule has 2 nitrogen and oxygen atoms in total. The average Bonchev–Trinajstić information content (AvgIpc) is 2.82. The molecule has 2 rings (SSSR count). The van der Waals surface area contributed by atoms with Crippen LogP contribution in [0, 0.1) is 17.3 Å². The van der Waals surface area contributed by atoms with Crippen LogP contribution in [0.1, 0.15) is 79.1 Å². The van der Waals surface area contributed by atoms with Gasteiger partial charge in [0.2, 0.25) is 0 Å². The van der Waals surface area contributed by atoms with Gasteiger partial charge in [-0.15, -0.1) is 0 Å². The smallest absolute Gasteiger partial charge is 0.0685 e. The summed E-state index contributed by atoms with van der Waals surface area (Å²) in [5.41, 5.74) is 0.700. The molecule has 0 aromatic rings. The molecule has 1 aliphatic carbocycles. The van der Waals surface area contributed by atoms with Gasteiger partial charge < -0.3 is 10.1 Å². The van der Waals surface area contributed by atoms with Crippen molar-refractivity contribution in [3.05, 3.63) is 0 Å². The molecular weight excluding hydrogens is 258 g/mol. The van der Waals surface area contributed by atoms with Gasteiger partial charge in [-0.3, -0.25) is 0 Å². The van der Waals surface area contributed by atoms with Crippen LogP contribution in [-0.4, -0.2) is 25.3 Å². The lowest BCUT2D eigenvalue weighted by molar-refractivity contribution is -0.0986. The standard InChI is InChI=1S/C19H37NO/c1-15(13-18(2,3)4)12-17(20-5)16-8-11-21-19(14-16)9-6-7-10-19/h15-17,20H,6-14H2,1-5H3. The summed E-state index contributed by atoms with van der Waals surface area (Å²) < 4.78 is 6.21. The van der Waals surface area contributed by atoms with E-state index < -0.39 is 0 Å². The van der Waals surface area contributed by atoms with Crippen molar-refractivity contribution >= 4 is 0 Å². The van der Waals surface area contributed by atoms with E-state index in [1.807, 2.05) is 0 Å². The fourth-order valence-electron chi connectivity index (χ4n) is 4.89. The summed E-state index contributed by atoms with van der Waals surface area (Å²) in [4.78, 5) is 0. The Morgan fingerprint density at radius 1 is 1.24 bits per heavy atom. The van der Waals surface area contributed by atoms with Crippen molar-refractivity contribution in [1.29, 1.82) is 0 Å². The van der Waals surface area contributed by atoms with E-state index in [1.165, 1.54) is 51.4 Å². The maximum atomic E-state index is 6.21. The van der Waals surface area contributed by atoms with E-state index in [2.05, 4.69) is 40.1 Å². The first-order chi connectivity index (χ1) is 9.84. The maximum absolute atomic E-state index is 6.21. The fraction of sp³-hybridized carbons (Fsp3) is 1.00. The Bertz CT molecular complexity index is 314. The van der Waals surface area contributed by atoms with Gasteiger partial charge in [0.1, 0.15) is 0 Å². The Kier molecular flexibility index (Phi) is 5.76. The van der Waals surface area contributed by atoms with Crippen LogP contribution < -0.4 is 5.32 Å². The average molecular weight is 296 g/mol. The molecule has 124 valence electrons. The zero-order valence-corrected chi connectivity index (χ0v) is 15.0. The molecule has 2 heteroatoms. The summed E-state index contributed by atoms with van der Waals surface area (Å²) in [6.07, 6.45) is 10.5. The van der Waals surface area contributed by atoms with Crippen LogP contribution in [0.4, 0.5) is 0 Å². The van der Waals surface area contributed by atoms with Crippen LogP contribution >= 0.6 is 0 Å². The highest BCUT2D eigenvalue weighted by Crippen LogP contribution is 2.43. The normalized spacial score (nSPS) is 28.7. The lowest BCUT2D eigenvalue weighted by Crippen LogP contribution is -2.45. The molecule has 1 aliphatic heterocycles. The molecule has 2 aliphatic rings. The number of rotatable bonds is 5. The first-order valence-electron chi connectivity index (χ1n) is 9.15. The van der Waals surface area contributed by atoms with E-state index in [4.69, 9.17) is 4.74 Å². The van der Waals surface area contributed by atoms with E-state index in [-0.39, 0.29) is 5.60 Å². The van der Waals surface area contributed by atoms with E-state index >= 15 is 0 Å². The second-order valence-corrected chi connectivity index (χ2v) is 8.99. The van der Waals surface area contributed by atoms with Gasteiger partial charge >= 0.3 is 0 Å². The predicted octanol–water partition coefficient (Wildman–Crippen LogP) is 4.78. The lowest BCUT2D eigenvalue weighted by atomic mass is 9.76. The molecule has 3 atom stereocenters. The zero-order chi connectivity index (χ0) is 15.5. The third kappa shape index (κ3) is 4.96. The number of hydrogen-bond donors (Lipinski definition) is 1. The third-order valence-electron chi connectivity index (χ3n) is 5.60. The third-order valence-corrected chi connectivity index (χ3v) is 5.60. The Balaban J connectivity index is 1.90. The number of ether oxygens (including phenoxy) is 1. The monoisotopic (exact) mass is 295 g/mol. The predicted molar refractivity (Wildman–Crippen MR) is 90.6 cm³/mol. The largest absolute Gasteiger partial charge is 0.375 e. The fourth-order valence-corrected chi connectivity index (χ4v) is 4.89. The quantitative estimate of drug-likeness (QED) is 0.788. The molecule has 0 aromatic carbocycles. The van der Waals surface area contributed by atoms with Gasteiger partial charge in [-0.2, -0.15) is 0 Å². The van der Waals surface area contributed by atoms with Crippen molar-refractivity contribution in [1.82, 2.24) is 5.32 Å². The van der Waals surface area contributed by atoms with Gasteiger partial charge in [-0.25, -0.2) is 0 Å². The topological polar surface area (TPSA) is 21.3 Å². The van der Waals surface area contributed by atoms with Gasteiger partial charge in [0.25, 0.3) is 0 Å². The first kappa shape index (κ1) is 17.3. The summed E-state index contributed by atoms with van der Waals surface area (Å²) >= 11 is 0. The highest BCUT2D eigenvalue weighted by molar-refractivity contribution is 4.94. The molecule has 1 spiro atoms. The van der Waals surface area contributed by atoms with Crippen LogP contribution in [0.3, 0.4) is 0 Å². The first-order valence-corrected chi connectivity index (χ1v) is 9.15. The molecule has 1 saturated carbocycles. The summed E-state index contributed by atoms with van der Waals surface area (Å²) in [5, 5.41) is 3.64. The maximum Gasteiger partial charge on any atom is 0.0685 e. The van der Waals surface area contributed by atoms with Crippen LogP contribution in [0.5, 0.6) is 0 Å². The molecule has 1 N–H and O–H groups in total. The van der Waals surface area contributed by atoms with Gasteiger partial charge in [-0.05, 0) is 62.8 Å². The molecule has 0 bridgehead atoms. The second-order valence-electron chi connectivity index (χ2n) is 8.99. The Hall–Kier alpha value is -0.0800. The highest BCUT2D eigenvalue weighted by Gasteiger charge is 2.41. The van der Waals surface area contributed by atoms with Crippen molar-refractivity contribution in [3.8, 4) is 0 Å². The lowest BCUT2D eigenvalue weighted by Gasteiger charge is -2.42. The van der Waals surface area contributed by atoms with Crippen molar-refractivity contribution in [2.75, 3.05) is 13.7 Å². The number of hydrogen-bond acceptors (Lipinski definition) is 2.